The van der Waals surface area contributed by atoms with Crippen molar-refractivity contribution in [3.05, 3.63) is 46.5 Å². The second-order valence-electron chi connectivity index (χ2n) is 3.86. The zero-order valence-electron chi connectivity index (χ0n) is 8.99. The summed E-state index contributed by atoms with van der Waals surface area (Å²) in [6.45, 7) is 4.42. The number of halogens is 1. The van der Waals surface area contributed by atoms with Gasteiger partial charge in [-0.25, -0.2) is 0 Å². The third kappa shape index (κ3) is 2.50. The minimum atomic E-state index is 0.563. The molecule has 1 unspecified atom stereocenters. The van der Waals surface area contributed by atoms with E-state index in [2.05, 4.69) is 64.2 Å². The van der Waals surface area contributed by atoms with Gasteiger partial charge in [0.1, 0.15) is 0 Å². The molecule has 15 heavy (non-hydrogen) atoms. The van der Waals surface area contributed by atoms with Crippen molar-refractivity contribution < 1.29 is 0 Å². The average molecular weight is 266 g/mol. The van der Waals surface area contributed by atoms with Crippen molar-refractivity contribution in [1.29, 1.82) is 0 Å². The molecule has 0 aliphatic carbocycles. The van der Waals surface area contributed by atoms with Crippen LogP contribution in [0.1, 0.15) is 24.9 Å². The Bertz CT molecular complexity index is 342. The van der Waals surface area contributed by atoms with Crippen molar-refractivity contribution >= 4 is 15.9 Å². The fraction of sp³-hybridized carbons (Fsp3) is 0.385. The van der Waals surface area contributed by atoms with Gasteiger partial charge in [0, 0.05) is 17.1 Å². The van der Waals surface area contributed by atoms with Crippen LogP contribution < -0.4 is 0 Å². The van der Waals surface area contributed by atoms with Crippen LogP contribution in [0.3, 0.4) is 0 Å². The Kier molecular flexibility index (Phi) is 3.60. The summed E-state index contributed by atoms with van der Waals surface area (Å²) in [6.07, 6.45) is 5.69. The molecular weight excluding hydrogens is 250 g/mol. The Labute approximate surface area is 99.9 Å². The van der Waals surface area contributed by atoms with Crippen LogP contribution in [0, 0.1) is 0 Å². The first kappa shape index (κ1) is 10.9. The van der Waals surface area contributed by atoms with Crippen LogP contribution in [-0.4, -0.2) is 18.0 Å². The second-order valence-corrected chi connectivity index (χ2v) is 4.78. The van der Waals surface area contributed by atoms with Crippen molar-refractivity contribution in [1.82, 2.24) is 4.90 Å². The van der Waals surface area contributed by atoms with E-state index in [0.717, 1.165) is 24.0 Å². The monoisotopic (exact) mass is 265 g/mol. The van der Waals surface area contributed by atoms with E-state index in [9.17, 15) is 0 Å². The summed E-state index contributed by atoms with van der Waals surface area (Å²) in [5, 5.41) is 0. The molecule has 0 saturated carbocycles. The van der Waals surface area contributed by atoms with Gasteiger partial charge in [-0.3, -0.25) is 4.90 Å². The minimum absolute atomic E-state index is 0.563. The molecule has 0 radical (unpaired) electrons. The Hall–Kier alpha value is -0.600. The average Bonchev–Trinajstić information content (AvgIpc) is 2.30. The van der Waals surface area contributed by atoms with E-state index in [1.165, 1.54) is 5.56 Å². The SMILES string of the molecule is CCN1CC=CCC1c1ccc(Br)cc1. The van der Waals surface area contributed by atoms with Gasteiger partial charge in [-0.05, 0) is 30.7 Å². The lowest BCUT2D eigenvalue weighted by molar-refractivity contribution is 0.222. The lowest BCUT2D eigenvalue weighted by atomic mass is 9.99. The van der Waals surface area contributed by atoms with E-state index < -0.39 is 0 Å². The zero-order valence-corrected chi connectivity index (χ0v) is 10.6. The highest BCUT2D eigenvalue weighted by molar-refractivity contribution is 9.10. The number of nitrogens with zero attached hydrogens (tertiary/aromatic N) is 1. The summed E-state index contributed by atoms with van der Waals surface area (Å²) >= 11 is 3.47. The maximum Gasteiger partial charge on any atom is 0.0385 e. The van der Waals surface area contributed by atoms with Gasteiger partial charge in [0.25, 0.3) is 0 Å². The van der Waals surface area contributed by atoms with E-state index in [1.807, 2.05) is 0 Å². The summed E-state index contributed by atoms with van der Waals surface area (Å²) in [5.74, 6) is 0. The molecule has 0 N–H and O–H groups in total. The first-order valence-corrected chi connectivity index (χ1v) is 6.25. The van der Waals surface area contributed by atoms with Gasteiger partial charge in [0.05, 0.1) is 0 Å². The number of hydrogen-bond donors (Lipinski definition) is 0. The largest absolute Gasteiger partial charge is 0.293 e. The van der Waals surface area contributed by atoms with Gasteiger partial charge in [-0.15, -0.1) is 0 Å². The van der Waals surface area contributed by atoms with Crippen LogP contribution in [0.4, 0.5) is 0 Å². The zero-order chi connectivity index (χ0) is 10.7. The van der Waals surface area contributed by atoms with Crippen LogP contribution in [-0.2, 0) is 0 Å². The first-order chi connectivity index (χ1) is 7.31. The third-order valence-electron chi connectivity index (χ3n) is 2.97. The molecule has 0 amide bonds. The highest BCUT2D eigenvalue weighted by Gasteiger charge is 2.19. The van der Waals surface area contributed by atoms with Crippen molar-refractivity contribution in [2.24, 2.45) is 0 Å². The molecule has 80 valence electrons. The van der Waals surface area contributed by atoms with Crippen LogP contribution in [0.5, 0.6) is 0 Å². The molecule has 1 aromatic carbocycles. The second kappa shape index (κ2) is 4.95. The molecule has 0 aromatic heterocycles. The number of hydrogen-bond acceptors (Lipinski definition) is 1. The summed E-state index contributed by atoms with van der Waals surface area (Å²) < 4.78 is 1.15. The maximum absolute atomic E-state index is 3.47. The quantitative estimate of drug-likeness (QED) is 0.736. The van der Waals surface area contributed by atoms with Gasteiger partial charge >= 0.3 is 0 Å². The molecule has 1 aromatic rings. The van der Waals surface area contributed by atoms with Crippen molar-refractivity contribution in [3.8, 4) is 0 Å². The molecule has 0 fully saturated rings. The molecule has 1 heterocycles. The maximum atomic E-state index is 3.47. The third-order valence-corrected chi connectivity index (χ3v) is 3.50. The predicted octanol–water partition coefficient (Wildman–Crippen LogP) is 3.77. The predicted molar refractivity (Wildman–Crippen MR) is 67.9 cm³/mol. The van der Waals surface area contributed by atoms with Gasteiger partial charge in [-0.1, -0.05) is 47.1 Å². The summed E-state index contributed by atoms with van der Waals surface area (Å²) in [5.41, 5.74) is 1.42. The standard InChI is InChI=1S/C13H16BrN/c1-2-15-10-4-3-5-13(15)11-6-8-12(14)9-7-11/h3-4,6-9,13H,2,5,10H2,1H3. The molecule has 1 nitrogen and oxygen atoms in total. The topological polar surface area (TPSA) is 3.24 Å². The van der Waals surface area contributed by atoms with E-state index in [0.29, 0.717) is 6.04 Å². The molecule has 1 aliphatic heterocycles. The van der Waals surface area contributed by atoms with Gasteiger partial charge in [0.2, 0.25) is 0 Å². The minimum Gasteiger partial charge on any atom is -0.293 e. The van der Waals surface area contributed by atoms with Crippen LogP contribution >= 0.6 is 15.9 Å². The van der Waals surface area contributed by atoms with Gasteiger partial charge < -0.3 is 0 Å². The summed E-state index contributed by atoms with van der Waals surface area (Å²) in [7, 11) is 0. The van der Waals surface area contributed by atoms with Crippen molar-refractivity contribution in [3.63, 3.8) is 0 Å². The lowest BCUT2D eigenvalue weighted by Crippen LogP contribution is -2.30. The van der Waals surface area contributed by atoms with Crippen LogP contribution in [0.2, 0.25) is 0 Å². The normalized spacial score (nSPS) is 21.9. The fourth-order valence-electron chi connectivity index (χ4n) is 2.09. The molecule has 1 aliphatic rings. The lowest BCUT2D eigenvalue weighted by Gasteiger charge is -2.32. The van der Waals surface area contributed by atoms with E-state index in [-0.39, 0.29) is 0 Å². The first-order valence-electron chi connectivity index (χ1n) is 5.45. The molecule has 1 atom stereocenters. The molecule has 0 saturated heterocycles. The van der Waals surface area contributed by atoms with Crippen molar-refractivity contribution in [2.75, 3.05) is 13.1 Å². The van der Waals surface area contributed by atoms with Gasteiger partial charge in [-0.2, -0.15) is 0 Å². The molecular formula is C13H16BrN. The van der Waals surface area contributed by atoms with Crippen LogP contribution in [0.25, 0.3) is 0 Å². The van der Waals surface area contributed by atoms with E-state index in [1.54, 1.807) is 0 Å². The van der Waals surface area contributed by atoms with Gasteiger partial charge in [0.15, 0.2) is 0 Å². The Morgan fingerprint density at radius 1 is 1.27 bits per heavy atom. The highest BCUT2D eigenvalue weighted by atomic mass is 79.9. The summed E-state index contributed by atoms with van der Waals surface area (Å²) in [4.78, 5) is 2.50. The Morgan fingerprint density at radius 2 is 2.00 bits per heavy atom. The highest BCUT2D eigenvalue weighted by Crippen LogP contribution is 2.28. The molecule has 0 bridgehead atoms. The van der Waals surface area contributed by atoms with E-state index >= 15 is 0 Å². The number of rotatable bonds is 2. The Morgan fingerprint density at radius 3 is 2.67 bits per heavy atom. The molecule has 2 heteroatoms. The number of benzene rings is 1. The van der Waals surface area contributed by atoms with Crippen molar-refractivity contribution in [2.45, 2.75) is 19.4 Å². The number of likely N-dealkylation sites (N-methyl/N-ethyl adjacent to an activating group) is 1. The van der Waals surface area contributed by atoms with Crippen LogP contribution in [0.15, 0.2) is 40.9 Å². The molecule has 2 rings (SSSR count). The smallest absolute Gasteiger partial charge is 0.0385 e. The fourth-order valence-corrected chi connectivity index (χ4v) is 2.36. The summed E-state index contributed by atoms with van der Waals surface area (Å²) in [6, 6.07) is 9.25. The van der Waals surface area contributed by atoms with E-state index in [4.69, 9.17) is 0 Å². The Balaban J connectivity index is 2.21. The molecule has 0 spiro atoms.